The average Bonchev–Trinajstić information content (AvgIpc) is 2.58. The van der Waals surface area contributed by atoms with E-state index in [4.69, 9.17) is 5.11 Å². The number of hydrogen-bond acceptors (Lipinski definition) is 2. The van der Waals surface area contributed by atoms with Gasteiger partial charge in [-0.25, -0.2) is 0 Å². The van der Waals surface area contributed by atoms with Crippen LogP contribution >= 0.6 is 0 Å². The SMILES string of the molecule is CC(C)n1c(CCO)cc2cccc(O)c21. The van der Waals surface area contributed by atoms with Gasteiger partial charge in [-0.2, -0.15) is 0 Å². The van der Waals surface area contributed by atoms with Crippen molar-refractivity contribution in [1.29, 1.82) is 0 Å². The fourth-order valence-corrected chi connectivity index (χ4v) is 2.22. The molecule has 1 aromatic carbocycles. The van der Waals surface area contributed by atoms with Crippen molar-refractivity contribution >= 4 is 10.9 Å². The van der Waals surface area contributed by atoms with Crippen molar-refractivity contribution in [3.63, 3.8) is 0 Å². The van der Waals surface area contributed by atoms with Crippen molar-refractivity contribution in [3.05, 3.63) is 30.0 Å². The van der Waals surface area contributed by atoms with Gasteiger partial charge in [0, 0.05) is 30.1 Å². The van der Waals surface area contributed by atoms with E-state index in [9.17, 15) is 5.11 Å². The molecular weight excluding hydrogens is 202 g/mol. The van der Waals surface area contributed by atoms with Crippen LogP contribution in [0.25, 0.3) is 10.9 Å². The number of fused-ring (bicyclic) bond motifs is 1. The molecule has 0 amide bonds. The summed E-state index contributed by atoms with van der Waals surface area (Å²) in [5, 5.41) is 20.0. The number of aliphatic hydroxyl groups excluding tert-OH is 1. The minimum Gasteiger partial charge on any atom is -0.506 e. The Morgan fingerprint density at radius 2 is 2.06 bits per heavy atom. The maximum Gasteiger partial charge on any atom is 0.139 e. The number of aromatic nitrogens is 1. The Hall–Kier alpha value is -1.48. The van der Waals surface area contributed by atoms with Crippen LogP contribution < -0.4 is 0 Å². The fraction of sp³-hybridized carbons (Fsp3) is 0.385. The molecule has 0 saturated heterocycles. The molecule has 16 heavy (non-hydrogen) atoms. The number of phenols is 1. The minimum absolute atomic E-state index is 0.129. The maximum absolute atomic E-state index is 9.90. The summed E-state index contributed by atoms with van der Waals surface area (Å²) < 4.78 is 2.08. The van der Waals surface area contributed by atoms with E-state index >= 15 is 0 Å². The summed E-state index contributed by atoms with van der Waals surface area (Å²) in [5.41, 5.74) is 1.93. The fourth-order valence-electron chi connectivity index (χ4n) is 2.22. The summed E-state index contributed by atoms with van der Waals surface area (Å²) in [7, 11) is 0. The number of aromatic hydroxyl groups is 1. The summed E-state index contributed by atoms with van der Waals surface area (Å²) in [6.07, 6.45) is 0.617. The quantitative estimate of drug-likeness (QED) is 0.833. The number of nitrogens with zero attached hydrogens (tertiary/aromatic N) is 1. The maximum atomic E-state index is 9.90. The molecule has 0 saturated carbocycles. The van der Waals surface area contributed by atoms with E-state index in [1.54, 1.807) is 6.07 Å². The molecule has 0 aliphatic heterocycles. The molecule has 0 spiro atoms. The van der Waals surface area contributed by atoms with Gasteiger partial charge in [0.25, 0.3) is 0 Å². The molecule has 86 valence electrons. The van der Waals surface area contributed by atoms with Crippen molar-refractivity contribution in [2.24, 2.45) is 0 Å². The highest BCUT2D eigenvalue weighted by Crippen LogP contribution is 2.30. The van der Waals surface area contributed by atoms with Crippen molar-refractivity contribution < 1.29 is 10.2 Å². The van der Waals surface area contributed by atoms with Gasteiger partial charge in [0.1, 0.15) is 5.75 Å². The molecule has 0 unspecified atom stereocenters. The highest BCUT2D eigenvalue weighted by atomic mass is 16.3. The molecule has 0 atom stereocenters. The Kier molecular flexibility index (Phi) is 2.88. The first-order chi connectivity index (χ1) is 7.65. The van der Waals surface area contributed by atoms with Crippen LogP contribution in [0.2, 0.25) is 0 Å². The van der Waals surface area contributed by atoms with Gasteiger partial charge in [-0.05, 0) is 26.0 Å². The summed E-state index contributed by atoms with van der Waals surface area (Å²) in [5.74, 6) is 0.301. The first kappa shape index (κ1) is 11.0. The molecule has 2 N–H and O–H groups in total. The van der Waals surface area contributed by atoms with Crippen LogP contribution in [0.1, 0.15) is 25.6 Å². The standard InChI is InChI=1S/C13H17NO2/c1-9(2)14-11(6-7-15)8-10-4-3-5-12(16)13(10)14/h3-5,8-9,15-16H,6-7H2,1-2H3. The summed E-state index contributed by atoms with van der Waals surface area (Å²) >= 11 is 0. The molecule has 0 bridgehead atoms. The van der Waals surface area contributed by atoms with E-state index in [0.717, 1.165) is 16.6 Å². The Morgan fingerprint density at radius 3 is 2.69 bits per heavy atom. The van der Waals surface area contributed by atoms with Gasteiger partial charge in [0.15, 0.2) is 0 Å². The van der Waals surface area contributed by atoms with Crippen molar-refractivity contribution in [3.8, 4) is 5.75 Å². The zero-order valence-corrected chi connectivity index (χ0v) is 9.64. The molecular formula is C13H17NO2. The van der Waals surface area contributed by atoms with Crippen LogP contribution in [-0.2, 0) is 6.42 Å². The van der Waals surface area contributed by atoms with E-state index in [0.29, 0.717) is 12.2 Å². The number of para-hydroxylation sites is 1. The molecule has 1 aromatic heterocycles. The third kappa shape index (κ3) is 1.67. The second-order valence-corrected chi connectivity index (χ2v) is 4.29. The van der Waals surface area contributed by atoms with Gasteiger partial charge in [-0.3, -0.25) is 0 Å². The van der Waals surface area contributed by atoms with E-state index in [2.05, 4.69) is 18.4 Å². The lowest BCUT2D eigenvalue weighted by Gasteiger charge is -2.14. The monoisotopic (exact) mass is 219 g/mol. The van der Waals surface area contributed by atoms with Crippen LogP contribution in [0.15, 0.2) is 24.3 Å². The van der Waals surface area contributed by atoms with Gasteiger partial charge >= 0.3 is 0 Å². The second kappa shape index (κ2) is 4.18. The zero-order chi connectivity index (χ0) is 11.7. The highest BCUT2D eigenvalue weighted by molar-refractivity contribution is 5.86. The average molecular weight is 219 g/mol. The van der Waals surface area contributed by atoms with Gasteiger partial charge < -0.3 is 14.8 Å². The Labute approximate surface area is 94.9 Å². The molecule has 0 aliphatic carbocycles. The van der Waals surface area contributed by atoms with E-state index in [1.165, 1.54) is 0 Å². The van der Waals surface area contributed by atoms with Crippen molar-refractivity contribution in [2.75, 3.05) is 6.61 Å². The van der Waals surface area contributed by atoms with Crippen molar-refractivity contribution in [2.45, 2.75) is 26.3 Å². The molecule has 0 fully saturated rings. The predicted molar refractivity (Wildman–Crippen MR) is 64.8 cm³/mol. The first-order valence-corrected chi connectivity index (χ1v) is 5.57. The minimum atomic E-state index is 0.129. The Morgan fingerprint density at radius 1 is 1.31 bits per heavy atom. The van der Waals surface area contributed by atoms with Crippen LogP contribution in [0.4, 0.5) is 0 Å². The molecule has 0 aliphatic rings. The molecule has 0 radical (unpaired) electrons. The lowest BCUT2D eigenvalue weighted by Crippen LogP contribution is -2.06. The van der Waals surface area contributed by atoms with E-state index in [1.807, 2.05) is 18.2 Å². The van der Waals surface area contributed by atoms with E-state index < -0.39 is 0 Å². The number of phenolic OH excluding ortho intramolecular Hbond substituents is 1. The molecule has 1 heterocycles. The van der Waals surface area contributed by atoms with Gasteiger partial charge in [0.05, 0.1) is 5.52 Å². The summed E-state index contributed by atoms with van der Waals surface area (Å²) in [4.78, 5) is 0. The van der Waals surface area contributed by atoms with Crippen LogP contribution in [0.3, 0.4) is 0 Å². The highest BCUT2D eigenvalue weighted by Gasteiger charge is 2.13. The number of hydrogen-bond donors (Lipinski definition) is 2. The topological polar surface area (TPSA) is 45.4 Å². The Bertz CT molecular complexity index is 500. The van der Waals surface area contributed by atoms with Gasteiger partial charge in [-0.15, -0.1) is 0 Å². The van der Waals surface area contributed by atoms with Crippen molar-refractivity contribution in [1.82, 2.24) is 4.57 Å². The van der Waals surface area contributed by atoms with Crippen LogP contribution in [0.5, 0.6) is 5.75 Å². The zero-order valence-electron chi connectivity index (χ0n) is 9.64. The predicted octanol–water partition coefficient (Wildman–Crippen LogP) is 2.46. The summed E-state index contributed by atoms with van der Waals surface area (Å²) in [6.45, 7) is 4.28. The van der Waals surface area contributed by atoms with E-state index in [-0.39, 0.29) is 12.6 Å². The molecule has 2 aromatic rings. The molecule has 3 nitrogen and oxygen atoms in total. The number of rotatable bonds is 3. The second-order valence-electron chi connectivity index (χ2n) is 4.29. The largest absolute Gasteiger partial charge is 0.506 e. The molecule has 3 heteroatoms. The normalized spacial score (nSPS) is 11.5. The number of benzene rings is 1. The van der Waals surface area contributed by atoms with Crippen LogP contribution in [0, 0.1) is 0 Å². The smallest absolute Gasteiger partial charge is 0.139 e. The lowest BCUT2D eigenvalue weighted by atomic mass is 10.2. The third-order valence-electron chi connectivity index (χ3n) is 2.80. The summed E-state index contributed by atoms with van der Waals surface area (Å²) in [6, 6.07) is 7.82. The van der Waals surface area contributed by atoms with Gasteiger partial charge in [0.2, 0.25) is 0 Å². The van der Waals surface area contributed by atoms with Crippen LogP contribution in [-0.4, -0.2) is 21.4 Å². The lowest BCUT2D eigenvalue weighted by molar-refractivity contribution is 0.295. The molecule has 2 rings (SSSR count). The first-order valence-electron chi connectivity index (χ1n) is 5.57. The third-order valence-corrected chi connectivity index (χ3v) is 2.80. The number of aliphatic hydroxyl groups is 1. The Balaban J connectivity index is 2.72. The van der Waals surface area contributed by atoms with Gasteiger partial charge in [-0.1, -0.05) is 12.1 Å².